The van der Waals surface area contributed by atoms with E-state index in [1.165, 1.54) is 43.3 Å². The van der Waals surface area contributed by atoms with Gasteiger partial charge < -0.3 is 10.2 Å². The number of allylic oxidation sites excluding steroid dienone is 4. The minimum atomic E-state index is -0.576. The van der Waals surface area contributed by atoms with Gasteiger partial charge in [-0.3, -0.25) is 0 Å². The maximum atomic E-state index is 10.3. The summed E-state index contributed by atoms with van der Waals surface area (Å²) in [5.41, 5.74) is 5.15. The summed E-state index contributed by atoms with van der Waals surface area (Å²) < 4.78 is 0. The molecule has 0 bridgehead atoms. The second-order valence-electron chi connectivity index (χ2n) is 11.3. The molecule has 5 unspecified atom stereocenters. The third-order valence-electron chi connectivity index (χ3n) is 8.36. The number of hydrogen-bond donors (Lipinski definition) is 2. The lowest BCUT2D eigenvalue weighted by Gasteiger charge is -2.43. The van der Waals surface area contributed by atoms with Crippen molar-refractivity contribution in [3.8, 4) is 0 Å². The smallest absolute Gasteiger partial charge is 0.0787 e. The van der Waals surface area contributed by atoms with Crippen LogP contribution in [0.3, 0.4) is 0 Å². The first kappa shape index (κ1) is 23.5. The van der Waals surface area contributed by atoms with Gasteiger partial charge in [-0.15, -0.1) is 0 Å². The van der Waals surface area contributed by atoms with Crippen molar-refractivity contribution >= 4 is 0 Å². The second-order valence-corrected chi connectivity index (χ2v) is 11.3. The Hall–Kier alpha value is -1.12. The van der Waals surface area contributed by atoms with E-state index in [-0.39, 0.29) is 6.10 Å². The summed E-state index contributed by atoms with van der Waals surface area (Å²) in [4.78, 5) is 0. The molecule has 3 aliphatic carbocycles. The molecule has 30 heavy (non-hydrogen) atoms. The molecule has 0 aromatic rings. The molecule has 0 amide bonds. The first-order chi connectivity index (χ1) is 14.0. The van der Waals surface area contributed by atoms with Crippen molar-refractivity contribution in [3.63, 3.8) is 0 Å². The Morgan fingerprint density at radius 1 is 1.23 bits per heavy atom. The van der Waals surface area contributed by atoms with Crippen LogP contribution in [0.4, 0.5) is 0 Å². The summed E-state index contributed by atoms with van der Waals surface area (Å²) in [6, 6.07) is 0. The number of fused-ring (bicyclic) bond motifs is 1. The van der Waals surface area contributed by atoms with Crippen LogP contribution in [-0.4, -0.2) is 21.9 Å². The molecule has 0 aromatic carbocycles. The molecule has 2 N–H and O–H groups in total. The van der Waals surface area contributed by atoms with E-state index in [9.17, 15) is 10.2 Å². The highest BCUT2D eigenvalue weighted by Gasteiger charge is 2.49. The van der Waals surface area contributed by atoms with E-state index in [0.717, 1.165) is 37.7 Å². The molecule has 168 valence electrons. The molecule has 0 heterocycles. The maximum Gasteiger partial charge on any atom is 0.0787 e. The normalized spacial score (nSPS) is 37.6. The van der Waals surface area contributed by atoms with Gasteiger partial charge in [0.05, 0.1) is 11.7 Å². The van der Waals surface area contributed by atoms with Crippen LogP contribution in [0.25, 0.3) is 0 Å². The Kier molecular flexibility index (Phi) is 7.19. The van der Waals surface area contributed by atoms with Crippen molar-refractivity contribution in [2.24, 2.45) is 23.2 Å². The SMILES string of the molecule is C=C1C(C)CC(=CC=C2CCCC3(C)C(C(=C)CCCC(C)(C)O)CCC23)CC1O. The average Bonchev–Trinajstić information content (AvgIpc) is 3.00. The van der Waals surface area contributed by atoms with E-state index < -0.39 is 5.60 Å². The van der Waals surface area contributed by atoms with Gasteiger partial charge in [-0.25, -0.2) is 0 Å². The summed E-state index contributed by atoms with van der Waals surface area (Å²) in [7, 11) is 0. The predicted octanol–water partition coefficient (Wildman–Crippen LogP) is 6.90. The fraction of sp³-hybridized carbons (Fsp3) is 0.714. The van der Waals surface area contributed by atoms with Crippen molar-refractivity contribution in [1.29, 1.82) is 0 Å². The highest BCUT2D eigenvalue weighted by Crippen LogP contribution is 2.59. The van der Waals surface area contributed by atoms with Gasteiger partial charge in [0.15, 0.2) is 0 Å². The second kappa shape index (κ2) is 9.17. The van der Waals surface area contributed by atoms with E-state index >= 15 is 0 Å². The first-order valence-corrected chi connectivity index (χ1v) is 12.2. The van der Waals surface area contributed by atoms with Crippen molar-refractivity contribution in [2.75, 3.05) is 0 Å². The van der Waals surface area contributed by atoms with Crippen LogP contribution in [0.15, 0.2) is 47.6 Å². The number of hydrogen-bond acceptors (Lipinski definition) is 2. The zero-order chi connectivity index (χ0) is 22.1. The van der Waals surface area contributed by atoms with Crippen molar-refractivity contribution in [1.82, 2.24) is 0 Å². The molecule has 0 aromatic heterocycles. The molecule has 0 aliphatic heterocycles. The number of aliphatic hydroxyl groups excluding tert-OH is 1. The molecular formula is C28H44O2. The molecule has 5 atom stereocenters. The monoisotopic (exact) mass is 412 g/mol. The van der Waals surface area contributed by atoms with Crippen LogP contribution in [0, 0.1) is 23.2 Å². The molecule has 0 spiro atoms. The molecule has 0 saturated heterocycles. The van der Waals surface area contributed by atoms with Gasteiger partial charge >= 0.3 is 0 Å². The minimum Gasteiger partial charge on any atom is -0.390 e. The zero-order valence-corrected chi connectivity index (χ0v) is 19.8. The Labute approximate surface area is 184 Å². The Bertz CT molecular complexity index is 703. The third-order valence-corrected chi connectivity index (χ3v) is 8.36. The molecule has 3 saturated carbocycles. The van der Waals surface area contributed by atoms with Gasteiger partial charge in [-0.2, -0.15) is 0 Å². The largest absolute Gasteiger partial charge is 0.390 e. The van der Waals surface area contributed by atoms with E-state index in [1.807, 2.05) is 13.8 Å². The molecule has 3 aliphatic rings. The number of rotatable bonds is 6. The quantitative estimate of drug-likeness (QED) is 0.466. The van der Waals surface area contributed by atoms with Crippen LogP contribution in [0.5, 0.6) is 0 Å². The van der Waals surface area contributed by atoms with Gasteiger partial charge in [-0.05, 0) is 107 Å². The Balaban J connectivity index is 1.68. The first-order valence-electron chi connectivity index (χ1n) is 12.2. The fourth-order valence-electron chi connectivity index (χ4n) is 6.51. The van der Waals surface area contributed by atoms with Gasteiger partial charge in [0.1, 0.15) is 0 Å². The van der Waals surface area contributed by atoms with Gasteiger partial charge in [-0.1, -0.05) is 55.9 Å². The highest BCUT2D eigenvalue weighted by atomic mass is 16.3. The van der Waals surface area contributed by atoms with Crippen LogP contribution in [0.1, 0.15) is 91.9 Å². The van der Waals surface area contributed by atoms with Gasteiger partial charge in [0, 0.05) is 0 Å². The maximum absolute atomic E-state index is 10.3. The lowest BCUT2D eigenvalue weighted by atomic mass is 9.62. The average molecular weight is 413 g/mol. The van der Waals surface area contributed by atoms with Crippen molar-refractivity contribution < 1.29 is 10.2 Å². The summed E-state index contributed by atoms with van der Waals surface area (Å²) >= 11 is 0. The summed E-state index contributed by atoms with van der Waals surface area (Å²) in [5, 5.41) is 20.3. The molecule has 3 rings (SSSR count). The lowest BCUT2D eigenvalue weighted by Crippen LogP contribution is -2.34. The zero-order valence-electron chi connectivity index (χ0n) is 19.8. The van der Waals surface area contributed by atoms with Crippen LogP contribution < -0.4 is 0 Å². The predicted molar refractivity (Wildman–Crippen MR) is 127 cm³/mol. The Morgan fingerprint density at radius 2 is 1.97 bits per heavy atom. The van der Waals surface area contributed by atoms with E-state index in [1.54, 1.807) is 5.57 Å². The molecule has 2 heteroatoms. The molecule has 0 radical (unpaired) electrons. The lowest BCUT2D eigenvalue weighted by molar-refractivity contribution is 0.0683. The summed E-state index contributed by atoms with van der Waals surface area (Å²) in [6.45, 7) is 17.1. The standard InChI is InChI=1S/C28H44O2/c1-19(9-7-15-27(4,5)30)24-13-14-25-23(10-8-16-28(24,25)6)12-11-22-17-20(2)21(3)26(29)18-22/h11-12,20,24-26,29-30H,1,3,7-10,13-18H2,2,4-6H3. The van der Waals surface area contributed by atoms with Crippen LogP contribution in [0.2, 0.25) is 0 Å². The fourth-order valence-corrected chi connectivity index (χ4v) is 6.51. The van der Waals surface area contributed by atoms with Crippen molar-refractivity contribution in [3.05, 3.63) is 47.6 Å². The van der Waals surface area contributed by atoms with E-state index in [4.69, 9.17) is 0 Å². The van der Waals surface area contributed by atoms with Crippen LogP contribution >= 0.6 is 0 Å². The summed E-state index contributed by atoms with van der Waals surface area (Å²) in [6.07, 6.45) is 15.4. The topological polar surface area (TPSA) is 40.5 Å². The summed E-state index contributed by atoms with van der Waals surface area (Å²) in [5.74, 6) is 1.65. The van der Waals surface area contributed by atoms with Crippen LogP contribution in [-0.2, 0) is 0 Å². The van der Waals surface area contributed by atoms with Gasteiger partial charge in [0.2, 0.25) is 0 Å². The molecular weight excluding hydrogens is 368 g/mol. The minimum absolute atomic E-state index is 0.335. The molecule has 2 nitrogen and oxygen atoms in total. The van der Waals surface area contributed by atoms with E-state index in [0.29, 0.717) is 23.2 Å². The molecule has 3 fully saturated rings. The van der Waals surface area contributed by atoms with Gasteiger partial charge in [0.25, 0.3) is 0 Å². The Morgan fingerprint density at radius 3 is 2.63 bits per heavy atom. The number of aliphatic hydroxyl groups is 2. The van der Waals surface area contributed by atoms with Crippen molar-refractivity contribution in [2.45, 2.75) is 104 Å². The van der Waals surface area contributed by atoms with E-state index in [2.05, 4.69) is 39.2 Å². The third kappa shape index (κ3) is 5.19. The highest BCUT2D eigenvalue weighted by molar-refractivity contribution is 5.30.